The number of nitrogens with zero attached hydrogens (tertiary/aromatic N) is 1. The smallest absolute Gasteiger partial charge is 0.0456 e. The average molecular weight is 410 g/mol. The largest absolute Gasteiger partial charge is 0.262 e. The predicted molar refractivity (Wildman–Crippen MR) is 137 cm³/mol. The van der Waals surface area contributed by atoms with Crippen LogP contribution < -0.4 is 0 Å². The van der Waals surface area contributed by atoms with Crippen molar-refractivity contribution in [2.45, 2.75) is 54.4 Å². The van der Waals surface area contributed by atoms with E-state index < -0.39 is 0 Å². The van der Waals surface area contributed by atoms with Gasteiger partial charge in [-0.1, -0.05) is 99.7 Å². The van der Waals surface area contributed by atoms with Crippen LogP contribution in [0, 0.1) is 5.41 Å². The van der Waals surface area contributed by atoms with E-state index in [2.05, 4.69) is 115 Å². The molecule has 0 bridgehead atoms. The maximum atomic E-state index is 5.07. The Labute approximate surface area is 188 Å². The van der Waals surface area contributed by atoms with Gasteiger partial charge in [-0.3, -0.25) is 4.99 Å². The molecule has 0 aliphatic heterocycles. The molecule has 1 aliphatic carbocycles. The molecular weight excluding hydrogens is 374 g/mol. The maximum Gasteiger partial charge on any atom is 0.0456 e. The van der Waals surface area contributed by atoms with Crippen LogP contribution in [-0.2, 0) is 0 Å². The van der Waals surface area contributed by atoms with Gasteiger partial charge in [0.1, 0.15) is 0 Å². The SMILES string of the molecule is C=C(/C(C1=C(C)CCC=C1)=C(/C)N=C(C)C(C)(C)C)c1ccccc1-c1ccccc1. The van der Waals surface area contributed by atoms with Crippen molar-refractivity contribution in [3.63, 3.8) is 0 Å². The summed E-state index contributed by atoms with van der Waals surface area (Å²) in [6.45, 7) is 17.7. The topological polar surface area (TPSA) is 12.4 Å². The van der Waals surface area contributed by atoms with E-state index in [1.807, 2.05) is 0 Å². The average Bonchev–Trinajstić information content (AvgIpc) is 2.75. The summed E-state index contributed by atoms with van der Waals surface area (Å²) in [6, 6.07) is 19.1. The lowest BCUT2D eigenvalue weighted by atomic mass is 9.83. The van der Waals surface area contributed by atoms with Crippen LogP contribution in [-0.4, -0.2) is 5.71 Å². The fourth-order valence-corrected chi connectivity index (χ4v) is 3.88. The van der Waals surface area contributed by atoms with Gasteiger partial charge in [0.2, 0.25) is 0 Å². The monoisotopic (exact) mass is 409 g/mol. The van der Waals surface area contributed by atoms with Gasteiger partial charge in [-0.15, -0.1) is 0 Å². The first-order valence-electron chi connectivity index (χ1n) is 11.2. The number of aliphatic imine (C=N–C) groups is 1. The molecule has 1 aliphatic rings. The van der Waals surface area contributed by atoms with Crippen molar-refractivity contribution in [3.8, 4) is 11.1 Å². The summed E-state index contributed by atoms with van der Waals surface area (Å²) in [5, 5.41) is 0. The Morgan fingerprint density at radius 2 is 1.58 bits per heavy atom. The lowest BCUT2D eigenvalue weighted by Crippen LogP contribution is -2.17. The van der Waals surface area contributed by atoms with E-state index in [-0.39, 0.29) is 5.41 Å². The highest BCUT2D eigenvalue weighted by molar-refractivity contribution is 5.93. The van der Waals surface area contributed by atoms with Gasteiger partial charge in [-0.2, -0.15) is 0 Å². The summed E-state index contributed by atoms with van der Waals surface area (Å²) >= 11 is 0. The van der Waals surface area contributed by atoms with Crippen molar-refractivity contribution in [2.24, 2.45) is 10.4 Å². The quantitative estimate of drug-likeness (QED) is 0.345. The summed E-state index contributed by atoms with van der Waals surface area (Å²) in [6.07, 6.45) is 6.71. The van der Waals surface area contributed by atoms with Crippen LogP contribution in [0.2, 0.25) is 0 Å². The lowest BCUT2D eigenvalue weighted by Gasteiger charge is -2.23. The second kappa shape index (κ2) is 9.47. The lowest BCUT2D eigenvalue weighted by molar-refractivity contribution is 0.587. The summed E-state index contributed by atoms with van der Waals surface area (Å²) in [4.78, 5) is 5.07. The van der Waals surface area contributed by atoms with Crippen molar-refractivity contribution in [3.05, 3.63) is 101 Å². The molecule has 2 aromatic rings. The van der Waals surface area contributed by atoms with Crippen LogP contribution in [0.3, 0.4) is 0 Å². The Morgan fingerprint density at radius 3 is 2.23 bits per heavy atom. The van der Waals surface area contributed by atoms with E-state index in [0.717, 1.165) is 41.0 Å². The Balaban J connectivity index is 2.22. The first-order valence-corrected chi connectivity index (χ1v) is 11.2. The Hall–Kier alpha value is -2.93. The number of allylic oxidation sites excluding steroid dienone is 7. The highest BCUT2D eigenvalue weighted by Crippen LogP contribution is 2.39. The molecule has 0 heterocycles. The minimum Gasteiger partial charge on any atom is -0.262 e. The molecule has 0 unspecified atom stereocenters. The van der Waals surface area contributed by atoms with E-state index in [4.69, 9.17) is 4.99 Å². The molecule has 1 heteroatoms. The van der Waals surface area contributed by atoms with E-state index in [1.54, 1.807) is 0 Å². The van der Waals surface area contributed by atoms with E-state index in [9.17, 15) is 0 Å². The Kier molecular flexibility index (Phi) is 6.95. The first-order chi connectivity index (χ1) is 14.7. The standard InChI is InChI=1S/C30H35N/c1-21-15-11-12-18-26(21)29(23(3)31-24(4)30(5,6)7)22(2)27-19-13-14-20-28(27)25-16-9-8-10-17-25/h8-10,12-14,16-20H,2,11,15H2,1,3-7H3/b29-23+,31-24?. The van der Waals surface area contributed by atoms with Gasteiger partial charge in [0.25, 0.3) is 0 Å². The maximum absolute atomic E-state index is 5.07. The molecule has 0 fully saturated rings. The van der Waals surface area contributed by atoms with Gasteiger partial charge in [0.05, 0.1) is 0 Å². The third-order valence-corrected chi connectivity index (χ3v) is 6.12. The molecule has 0 saturated heterocycles. The number of rotatable bonds is 5. The Bertz CT molecular complexity index is 1080. The molecule has 0 N–H and O–H groups in total. The van der Waals surface area contributed by atoms with Gasteiger partial charge < -0.3 is 0 Å². The van der Waals surface area contributed by atoms with Gasteiger partial charge in [0.15, 0.2) is 0 Å². The molecule has 160 valence electrons. The molecule has 0 spiro atoms. The minimum atomic E-state index is 0.0292. The predicted octanol–water partition coefficient (Wildman–Crippen LogP) is 8.81. The normalized spacial score (nSPS) is 15.7. The van der Waals surface area contributed by atoms with E-state index >= 15 is 0 Å². The zero-order valence-corrected chi connectivity index (χ0v) is 19.9. The van der Waals surface area contributed by atoms with Crippen molar-refractivity contribution in [2.75, 3.05) is 0 Å². The van der Waals surface area contributed by atoms with Crippen LogP contribution in [0.4, 0.5) is 0 Å². The minimum absolute atomic E-state index is 0.0292. The Morgan fingerprint density at radius 1 is 0.935 bits per heavy atom. The zero-order valence-electron chi connectivity index (χ0n) is 19.9. The van der Waals surface area contributed by atoms with Crippen LogP contribution in [0.25, 0.3) is 16.7 Å². The van der Waals surface area contributed by atoms with Crippen molar-refractivity contribution >= 4 is 11.3 Å². The fraction of sp³-hybridized carbons (Fsp3) is 0.300. The van der Waals surface area contributed by atoms with Gasteiger partial charge in [-0.05, 0) is 66.9 Å². The van der Waals surface area contributed by atoms with Crippen LogP contribution in [0.15, 0.2) is 101 Å². The third-order valence-electron chi connectivity index (χ3n) is 6.12. The summed E-state index contributed by atoms with van der Waals surface area (Å²) in [5.41, 5.74) is 10.6. The fourth-order valence-electron chi connectivity index (χ4n) is 3.88. The molecule has 0 saturated carbocycles. The molecule has 1 nitrogen and oxygen atoms in total. The highest BCUT2D eigenvalue weighted by Gasteiger charge is 2.20. The molecular formula is C30H35N. The third kappa shape index (κ3) is 5.22. The van der Waals surface area contributed by atoms with Gasteiger partial charge in [-0.25, -0.2) is 0 Å². The molecule has 3 rings (SSSR count). The van der Waals surface area contributed by atoms with E-state index in [0.29, 0.717) is 0 Å². The molecule has 0 aromatic heterocycles. The molecule has 0 atom stereocenters. The van der Waals surface area contributed by atoms with Crippen LogP contribution in [0.1, 0.15) is 59.9 Å². The number of hydrogen-bond acceptors (Lipinski definition) is 1. The highest BCUT2D eigenvalue weighted by atomic mass is 14.8. The summed E-state index contributed by atoms with van der Waals surface area (Å²) in [7, 11) is 0. The molecule has 0 radical (unpaired) electrons. The second-order valence-corrected chi connectivity index (χ2v) is 9.43. The zero-order chi connectivity index (χ0) is 22.6. The summed E-state index contributed by atoms with van der Waals surface area (Å²) < 4.78 is 0. The van der Waals surface area contributed by atoms with Crippen molar-refractivity contribution < 1.29 is 0 Å². The van der Waals surface area contributed by atoms with Gasteiger partial charge in [0, 0.05) is 17.0 Å². The van der Waals surface area contributed by atoms with Crippen LogP contribution in [0.5, 0.6) is 0 Å². The van der Waals surface area contributed by atoms with E-state index in [1.165, 1.54) is 22.3 Å². The number of benzene rings is 2. The number of hydrogen-bond donors (Lipinski definition) is 0. The van der Waals surface area contributed by atoms with Crippen molar-refractivity contribution in [1.29, 1.82) is 0 Å². The molecule has 31 heavy (non-hydrogen) atoms. The first kappa shape index (κ1) is 22.7. The summed E-state index contributed by atoms with van der Waals surface area (Å²) in [5.74, 6) is 0. The van der Waals surface area contributed by atoms with Crippen LogP contribution >= 0.6 is 0 Å². The molecule has 2 aromatic carbocycles. The molecule has 0 amide bonds. The van der Waals surface area contributed by atoms with Gasteiger partial charge >= 0.3 is 0 Å². The van der Waals surface area contributed by atoms with Crippen molar-refractivity contribution in [1.82, 2.24) is 0 Å². The second-order valence-electron chi connectivity index (χ2n) is 9.43.